The topological polar surface area (TPSA) is 72.6 Å². The fourth-order valence-corrected chi connectivity index (χ4v) is 4.96. The third kappa shape index (κ3) is 2.82. The zero-order valence-corrected chi connectivity index (χ0v) is 13.9. The van der Waals surface area contributed by atoms with Crippen LogP contribution >= 0.6 is 12.4 Å². The van der Waals surface area contributed by atoms with Crippen LogP contribution in [0.15, 0.2) is 23.1 Å². The second-order valence-electron chi connectivity index (χ2n) is 5.78. The summed E-state index contributed by atoms with van der Waals surface area (Å²) in [7, 11) is -2.31. The Morgan fingerprint density at radius 3 is 2.68 bits per heavy atom. The van der Waals surface area contributed by atoms with Gasteiger partial charge in [-0.25, -0.2) is 12.8 Å². The van der Waals surface area contributed by atoms with E-state index in [1.807, 2.05) is 0 Å². The van der Waals surface area contributed by atoms with Crippen LogP contribution in [0.1, 0.15) is 12.8 Å². The van der Waals surface area contributed by atoms with Gasteiger partial charge in [0.1, 0.15) is 0 Å². The van der Waals surface area contributed by atoms with E-state index in [9.17, 15) is 12.8 Å². The summed E-state index contributed by atoms with van der Waals surface area (Å²) in [5.41, 5.74) is 6.04. The summed E-state index contributed by atoms with van der Waals surface area (Å²) < 4.78 is 45.1. The molecule has 3 atom stereocenters. The quantitative estimate of drug-likeness (QED) is 0.899. The normalized spacial score (nSPS) is 28.2. The van der Waals surface area contributed by atoms with E-state index in [2.05, 4.69) is 0 Å². The van der Waals surface area contributed by atoms with Gasteiger partial charge in [-0.3, -0.25) is 0 Å². The summed E-state index contributed by atoms with van der Waals surface area (Å²) in [6.45, 7) is 0.953. The number of fused-ring (bicyclic) bond motifs is 1. The first-order chi connectivity index (χ1) is 9.93. The number of rotatable bonds is 3. The van der Waals surface area contributed by atoms with E-state index in [-0.39, 0.29) is 35.0 Å². The van der Waals surface area contributed by atoms with Crippen LogP contribution in [0.2, 0.25) is 0 Å². The highest BCUT2D eigenvalue weighted by molar-refractivity contribution is 7.89. The minimum Gasteiger partial charge on any atom is -0.494 e. The number of methoxy groups -OCH3 is 1. The van der Waals surface area contributed by atoms with Gasteiger partial charge in [-0.15, -0.1) is 12.4 Å². The largest absolute Gasteiger partial charge is 0.494 e. The Balaban J connectivity index is 0.00000176. The van der Waals surface area contributed by atoms with Crippen molar-refractivity contribution in [3.8, 4) is 5.75 Å². The Labute approximate surface area is 136 Å². The summed E-state index contributed by atoms with van der Waals surface area (Å²) in [6.07, 6.45) is 1.94. The van der Waals surface area contributed by atoms with Crippen LogP contribution in [0.4, 0.5) is 4.39 Å². The molecule has 1 aromatic rings. The third-order valence-electron chi connectivity index (χ3n) is 4.64. The van der Waals surface area contributed by atoms with Crippen molar-refractivity contribution in [2.45, 2.75) is 23.8 Å². The molecule has 2 N–H and O–H groups in total. The highest BCUT2D eigenvalue weighted by Crippen LogP contribution is 2.39. The fourth-order valence-electron chi connectivity index (χ4n) is 3.41. The Bertz CT molecular complexity index is 655. The molecule has 3 unspecified atom stereocenters. The average molecular weight is 351 g/mol. The molecule has 124 valence electrons. The molecule has 0 radical (unpaired) electrons. The lowest BCUT2D eigenvalue weighted by atomic mass is 9.98. The molecule has 2 aliphatic rings. The van der Waals surface area contributed by atoms with Crippen molar-refractivity contribution in [3.63, 3.8) is 0 Å². The molecule has 1 aliphatic heterocycles. The zero-order valence-electron chi connectivity index (χ0n) is 12.2. The summed E-state index contributed by atoms with van der Waals surface area (Å²) in [5, 5.41) is 0. The zero-order chi connectivity index (χ0) is 15.2. The summed E-state index contributed by atoms with van der Waals surface area (Å²) in [5.74, 6) is -0.0526. The predicted octanol–water partition coefficient (Wildman–Crippen LogP) is 1.61. The van der Waals surface area contributed by atoms with E-state index >= 15 is 0 Å². The number of hydrogen-bond donors (Lipinski definition) is 1. The standard InChI is InChI=1S/C14H19FN2O3S.ClH/c1-20-14-6-10(3-4-12(14)15)21(18,19)17-7-9-2-5-13(16)11(9)8-17;/h3-4,6,9,11,13H,2,5,7-8,16H2,1H3;1H. The number of hydrogen-bond acceptors (Lipinski definition) is 4. The van der Waals surface area contributed by atoms with Gasteiger partial charge in [0.05, 0.1) is 12.0 Å². The molecule has 1 saturated carbocycles. The first kappa shape index (κ1) is 17.5. The SMILES string of the molecule is COc1cc(S(=O)(=O)N2CC3CCC(N)C3C2)ccc1F.Cl. The van der Waals surface area contributed by atoms with Gasteiger partial charge in [0.25, 0.3) is 0 Å². The summed E-state index contributed by atoms with van der Waals surface area (Å²) >= 11 is 0. The van der Waals surface area contributed by atoms with Crippen LogP contribution in [0.25, 0.3) is 0 Å². The van der Waals surface area contributed by atoms with Crippen molar-refractivity contribution in [3.05, 3.63) is 24.0 Å². The Morgan fingerprint density at radius 2 is 2.05 bits per heavy atom. The molecule has 0 spiro atoms. The molecule has 0 amide bonds. The van der Waals surface area contributed by atoms with Gasteiger partial charge in [-0.05, 0) is 36.8 Å². The molecule has 8 heteroatoms. The lowest BCUT2D eigenvalue weighted by Gasteiger charge is -2.19. The molecule has 5 nitrogen and oxygen atoms in total. The van der Waals surface area contributed by atoms with Gasteiger partial charge in [0.2, 0.25) is 10.0 Å². The van der Waals surface area contributed by atoms with Gasteiger partial charge >= 0.3 is 0 Å². The molecule has 1 saturated heterocycles. The molecule has 1 aliphatic carbocycles. The van der Waals surface area contributed by atoms with E-state index in [0.29, 0.717) is 19.0 Å². The molecule has 1 heterocycles. The van der Waals surface area contributed by atoms with Crippen LogP contribution in [-0.2, 0) is 10.0 Å². The molecule has 2 fully saturated rings. The maximum atomic E-state index is 13.4. The van der Waals surface area contributed by atoms with Crippen molar-refractivity contribution >= 4 is 22.4 Å². The van der Waals surface area contributed by atoms with Gasteiger partial charge in [-0.2, -0.15) is 4.31 Å². The highest BCUT2D eigenvalue weighted by Gasteiger charge is 2.45. The lowest BCUT2D eigenvalue weighted by molar-refractivity contribution is 0.384. The summed E-state index contributed by atoms with van der Waals surface area (Å²) in [4.78, 5) is 0.0642. The van der Waals surface area contributed by atoms with Crippen molar-refractivity contribution in [2.75, 3.05) is 20.2 Å². The van der Waals surface area contributed by atoms with Gasteiger partial charge < -0.3 is 10.5 Å². The van der Waals surface area contributed by atoms with Crippen LogP contribution in [0, 0.1) is 17.7 Å². The number of halogens is 2. The monoisotopic (exact) mass is 350 g/mol. The molecule has 22 heavy (non-hydrogen) atoms. The molecule has 1 aromatic carbocycles. The molecule has 0 aromatic heterocycles. The second kappa shape index (κ2) is 6.31. The van der Waals surface area contributed by atoms with Gasteiger partial charge in [0, 0.05) is 25.2 Å². The van der Waals surface area contributed by atoms with Crippen molar-refractivity contribution in [2.24, 2.45) is 17.6 Å². The second-order valence-corrected chi connectivity index (χ2v) is 7.72. The minimum absolute atomic E-state index is 0. The Hall–Kier alpha value is -0.890. The van der Waals surface area contributed by atoms with Crippen molar-refractivity contribution in [1.82, 2.24) is 4.31 Å². The van der Waals surface area contributed by atoms with E-state index in [4.69, 9.17) is 10.5 Å². The third-order valence-corrected chi connectivity index (χ3v) is 6.47. The lowest BCUT2D eigenvalue weighted by Crippen LogP contribution is -2.33. The number of sulfonamides is 1. The minimum atomic E-state index is -3.62. The van der Waals surface area contributed by atoms with E-state index in [0.717, 1.165) is 18.9 Å². The smallest absolute Gasteiger partial charge is 0.243 e. The van der Waals surface area contributed by atoms with Gasteiger partial charge in [-0.1, -0.05) is 0 Å². The number of benzene rings is 1. The van der Waals surface area contributed by atoms with Crippen LogP contribution in [0.5, 0.6) is 5.75 Å². The van der Waals surface area contributed by atoms with E-state index in [1.54, 1.807) is 0 Å². The first-order valence-electron chi connectivity index (χ1n) is 7.02. The number of nitrogens with zero attached hydrogens (tertiary/aromatic N) is 1. The first-order valence-corrected chi connectivity index (χ1v) is 8.46. The Morgan fingerprint density at radius 1 is 1.32 bits per heavy atom. The van der Waals surface area contributed by atoms with Crippen LogP contribution in [-0.4, -0.2) is 39.0 Å². The Kier molecular flexibility index (Phi) is 5.01. The van der Waals surface area contributed by atoms with Crippen molar-refractivity contribution in [1.29, 1.82) is 0 Å². The molecular weight excluding hydrogens is 331 g/mol. The van der Waals surface area contributed by atoms with E-state index in [1.165, 1.54) is 23.5 Å². The van der Waals surface area contributed by atoms with Crippen LogP contribution < -0.4 is 10.5 Å². The average Bonchev–Trinajstić information content (AvgIpc) is 3.02. The molecule has 0 bridgehead atoms. The number of ether oxygens (including phenoxy) is 1. The van der Waals surface area contributed by atoms with Crippen molar-refractivity contribution < 1.29 is 17.5 Å². The highest BCUT2D eigenvalue weighted by atomic mass is 35.5. The van der Waals surface area contributed by atoms with Crippen LogP contribution in [0.3, 0.4) is 0 Å². The van der Waals surface area contributed by atoms with E-state index < -0.39 is 15.8 Å². The fraction of sp³-hybridized carbons (Fsp3) is 0.571. The number of nitrogens with two attached hydrogens (primary N) is 1. The maximum absolute atomic E-state index is 13.4. The molecule has 3 rings (SSSR count). The van der Waals surface area contributed by atoms with Gasteiger partial charge in [0.15, 0.2) is 11.6 Å². The maximum Gasteiger partial charge on any atom is 0.243 e. The summed E-state index contributed by atoms with van der Waals surface area (Å²) in [6, 6.07) is 3.71. The predicted molar refractivity (Wildman–Crippen MR) is 83.1 cm³/mol. The molecular formula is C14H20ClFN2O3S.